The van der Waals surface area contributed by atoms with Crippen LogP contribution in [0.3, 0.4) is 0 Å². The Morgan fingerprint density at radius 3 is 2.77 bits per heavy atom. The molecule has 0 aromatic rings. The number of hydrogen-bond acceptors (Lipinski definition) is 4. The summed E-state index contributed by atoms with van der Waals surface area (Å²) in [5.41, 5.74) is 0.346. The summed E-state index contributed by atoms with van der Waals surface area (Å²) in [6, 6.07) is 0. The maximum absolute atomic E-state index is 11.1. The van der Waals surface area contributed by atoms with Crippen molar-refractivity contribution in [1.82, 2.24) is 0 Å². The Morgan fingerprint density at radius 2 is 2.38 bits per heavy atom. The van der Waals surface area contributed by atoms with Gasteiger partial charge >= 0.3 is 5.97 Å². The number of cyclic esters (lactones) is 1. The lowest BCUT2D eigenvalue weighted by Crippen LogP contribution is -2.21. The molecular weight excluding hydrogens is 172 g/mol. The summed E-state index contributed by atoms with van der Waals surface area (Å²) in [4.78, 5) is 21.8. The highest BCUT2D eigenvalue weighted by Crippen LogP contribution is 2.19. The van der Waals surface area contributed by atoms with Gasteiger partial charge in [-0.1, -0.05) is 0 Å². The number of ether oxygens (including phenoxy) is 1. The number of Topliss-reactive ketones (excluding diaryl/α,β-unsaturated/α-hetero) is 1. The van der Waals surface area contributed by atoms with E-state index in [0.717, 1.165) is 0 Å². The maximum atomic E-state index is 11.1. The van der Waals surface area contributed by atoms with E-state index in [2.05, 4.69) is 0 Å². The molecule has 4 heteroatoms. The molecule has 0 amide bonds. The summed E-state index contributed by atoms with van der Waals surface area (Å²) in [5, 5.41) is 9.12. The van der Waals surface area contributed by atoms with E-state index in [1.54, 1.807) is 0 Å². The lowest BCUT2D eigenvalue weighted by atomic mass is 10.1. The minimum Gasteiger partial charge on any atom is -0.452 e. The Kier molecular flexibility index (Phi) is 2.83. The lowest BCUT2D eigenvalue weighted by Gasteiger charge is -2.09. The van der Waals surface area contributed by atoms with Crippen LogP contribution in [0.5, 0.6) is 0 Å². The van der Waals surface area contributed by atoms with Crippen LogP contribution < -0.4 is 0 Å². The molecular formula is C9H12O4. The molecule has 0 aromatic heterocycles. The molecule has 0 unspecified atom stereocenters. The van der Waals surface area contributed by atoms with E-state index in [4.69, 9.17) is 9.84 Å². The normalized spacial score (nSPS) is 23.8. The number of aliphatic hydroxyl groups excluding tert-OH is 1. The monoisotopic (exact) mass is 184 g/mol. The van der Waals surface area contributed by atoms with Crippen LogP contribution in [-0.4, -0.2) is 29.1 Å². The van der Waals surface area contributed by atoms with Gasteiger partial charge in [0, 0.05) is 12.0 Å². The fourth-order valence-corrected chi connectivity index (χ4v) is 1.14. The fourth-order valence-electron chi connectivity index (χ4n) is 1.14. The SMILES string of the molecule is CC(=O)CC1=C[C@H]([C@H](C)O)OC1=O. The van der Waals surface area contributed by atoms with Gasteiger partial charge in [-0.15, -0.1) is 0 Å². The van der Waals surface area contributed by atoms with Crippen molar-refractivity contribution in [2.75, 3.05) is 0 Å². The van der Waals surface area contributed by atoms with Crippen LogP contribution in [0.1, 0.15) is 20.3 Å². The van der Waals surface area contributed by atoms with Gasteiger partial charge in [-0.3, -0.25) is 4.79 Å². The van der Waals surface area contributed by atoms with E-state index in [1.807, 2.05) is 0 Å². The van der Waals surface area contributed by atoms with Crippen LogP contribution >= 0.6 is 0 Å². The van der Waals surface area contributed by atoms with Crippen LogP contribution in [0.2, 0.25) is 0 Å². The Morgan fingerprint density at radius 1 is 1.77 bits per heavy atom. The zero-order valence-corrected chi connectivity index (χ0v) is 7.61. The zero-order chi connectivity index (χ0) is 10.0. The van der Waals surface area contributed by atoms with Crippen LogP contribution in [0.25, 0.3) is 0 Å². The molecule has 0 aliphatic carbocycles. The Hall–Kier alpha value is -1.16. The number of aliphatic hydroxyl groups is 1. The first kappa shape index (κ1) is 9.92. The third kappa shape index (κ3) is 2.39. The molecule has 1 aliphatic heterocycles. The molecule has 0 spiro atoms. The second-order valence-electron chi connectivity index (χ2n) is 3.18. The van der Waals surface area contributed by atoms with Gasteiger partial charge in [0.2, 0.25) is 0 Å². The van der Waals surface area contributed by atoms with Crippen molar-refractivity contribution in [1.29, 1.82) is 0 Å². The molecule has 1 rings (SSSR count). The van der Waals surface area contributed by atoms with Crippen molar-refractivity contribution in [3.63, 3.8) is 0 Å². The molecule has 2 atom stereocenters. The minimum absolute atomic E-state index is 0.0854. The average molecular weight is 184 g/mol. The minimum atomic E-state index is -0.728. The summed E-state index contributed by atoms with van der Waals surface area (Å²) < 4.78 is 4.80. The molecule has 13 heavy (non-hydrogen) atoms. The van der Waals surface area contributed by atoms with Crippen molar-refractivity contribution in [2.24, 2.45) is 0 Å². The molecule has 0 bridgehead atoms. The zero-order valence-electron chi connectivity index (χ0n) is 7.61. The first-order valence-electron chi connectivity index (χ1n) is 4.10. The van der Waals surface area contributed by atoms with Crippen molar-refractivity contribution < 1.29 is 19.4 Å². The molecule has 1 N–H and O–H groups in total. The number of esters is 1. The lowest BCUT2D eigenvalue weighted by molar-refractivity contribution is -0.143. The van der Waals surface area contributed by atoms with Crippen LogP contribution in [0.4, 0.5) is 0 Å². The number of hydrogen-bond donors (Lipinski definition) is 1. The maximum Gasteiger partial charge on any atom is 0.334 e. The fraction of sp³-hybridized carbons (Fsp3) is 0.556. The van der Waals surface area contributed by atoms with E-state index >= 15 is 0 Å². The Bertz CT molecular complexity index is 265. The number of rotatable bonds is 3. The van der Waals surface area contributed by atoms with Gasteiger partial charge in [-0.25, -0.2) is 4.79 Å². The van der Waals surface area contributed by atoms with Crippen molar-refractivity contribution >= 4 is 11.8 Å². The average Bonchev–Trinajstić information content (AvgIpc) is 2.31. The molecule has 0 saturated heterocycles. The molecule has 0 radical (unpaired) electrons. The molecule has 0 fully saturated rings. The standard InChI is InChI=1S/C9H12O4/c1-5(10)3-7-4-8(6(2)11)13-9(7)12/h4,6,8,11H,3H2,1-2H3/t6-,8+/m0/s1. The highest BCUT2D eigenvalue weighted by atomic mass is 16.6. The quantitative estimate of drug-likeness (QED) is 0.636. The van der Waals surface area contributed by atoms with Crippen LogP contribution in [-0.2, 0) is 14.3 Å². The topological polar surface area (TPSA) is 63.6 Å². The van der Waals surface area contributed by atoms with Crippen LogP contribution in [0.15, 0.2) is 11.6 Å². The predicted octanol–water partition coefficient (Wildman–Crippen LogP) is 0.198. The largest absolute Gasteiger partial charge is 0.452 e. The second kappa shape index (κ2) is 3.70. The van der Waals surface area contributed by atoms with E-state index in [9.17, 15) is 9.59 Å². The van der Waals surface area contributed by atoms with E-state index in [-0.39, 0.29) is 12.2 Å². The second-order valence-corrected chi connectivity index (χ2v) is 3.18. The van der Waals surface area contributed by atoms with Crippen molar-refractivity contribution in [3.8, 4) is 0 Å². The van der Waals surface area contributed by atoms with Crippen molar-refractivity contribution in [2.45, 2.75) is 32.5 Å². The van der Waals surface area contributed by atoms with Gasteiger partial charge in [0.25, 0.3) is 0 Å². The van der Waals surface area contributed by atoms with Gasteiger partial charge in [-0.05, 0) is 19.9 Å². The third-order valence-electron chi connectivity index (χ3n) is 1.79. The highest BCUT2D eigenvalue weighted by Gasteiger charge is 2.28. The first-order valence-corrected chi connectivity index (χ1v) is 4.10. The third-order valence-corrected chi connectivity index (χ3v) is 1.79. The van der Waals surface area contributed by atoms with Gasteiger partial charge in [0.15, 0.2) is 0 Å². The number of ketones is 1. The Balaban J connectivity index is 2.68. The predicted molar refractivity (Wildman–Crippen MR) is 44.9 cm³/mol. The summed E-state index contributed by atoms with van der Waals surface area (Å²) in [7, 11) is 0. The Labute approximate surface area is 76.2 Å². The van der Waals surface area contributed by atoms with Crippen molar-refractivity contribution in [3.05, 3.63) is 11.6 Å². The number of carbonyl (C=O) groups excluding carboxylic acids is 2. The van der Waals surface area contributed by atoms with E-state index in [1.165, 1.54) is 19.9 Å². The van der Waals surface area contributed by atoms with Crippen LogP contribution in [0, 0.1) is 0 Å². The van der Waals surface area contributed by atoms with Gasteiger partial charge in [-0.2, -0.15) is 0 Å². The molecule has 1 aliphatic rings. The smallest absolute Gasteiger partial charge is 0.334 e. The van der Waals surface area contributed by atoms with E-state index in [0.29, 0.717) is 5.57 Å². The van der Waals surface area contributed by atoms with Gasteiger partial charge < -0.3 is 9.84 Å². The molecule has 1 heterocycles. The molecule has 4 nitrogen and oxygen atoms in total. The molecule has 72 valence electrons. The summed E-state index contributed by atoms with van der Waals surface area (Å²) in [5.74, 6) is -0.587. The number of carbonyl (C=O) groups is 2. The summed E-state index contributed by atoms with van der Waals surface area (Å²) in [6.07, 6.45) is 0.270. The molecule has 0 saturated carbocycles. The highest BCUT2D eigenvalue weighted by molar-refractivity contribution is 5.96. The van der Waals surface area contributed by atoms with Gasteiger partial charge in [0.1, 0.15) is 11.9 Å². The summed E-state index contributed by atoms with van der Waals surface area (Å²) in [6.45, 7) is 2.94. The van der Waals surface area contributed by atoms with E-state index < -0.39 is 18.2 Å². The van der Waals surface area contributed by atoms with Gasteiger partial charge in [0.05, 0.1) is 6.10 Å². The summed E-state index contributed by atoms with van der Waals surface area (Å²) >= 11 is 0. The molecule has 0 aromatic carbocycles. The first-order chi connectivity index (χ1) is 6.00.